The summed E-state index contributed by atoms with van der Waals surface area (Å²) in [6.45, 7) is 9.48. The van der Waals surface area contributed by atoms with Gasteiger partial charge in [-0.2, -0.15) is 0 Å². The predicted octanol–water partition coefficient (Wildman–Crippen LogP) is 13.8. The largest absolute Gasteiger partial charge is 0.0748 e. The van der Waals surface area contributed by atoms with E-state index in [0.717, 1.165) is 32.1 Å². The Labute approximate surface area is 301 Å². The zero-order valence-electron chi connectivity index (χ0n) is 30.6. The zero-order valence-corrected chi connectivity index (χ0v) is 30.6. The van der Waals surface area contributed by atoms with Crippen molar-refractivity contribution in [3.05, 3.63) is 172 Å². The summed E-state index contributed by atoms with van der Waals surface area (Å²) in [7, 11) is 0. The first kappa shape index (κ1) is 32.8. The highest BCUT2D eigenvalue weighted by molar-refractivity contribution is 5.93. The van der Waals surface area contributed by atoms with E-state index in [9.17, 15) is 0 Å². The van der Waals surface area contributed by atoms with Crippen molar-refractivity contribution < 1.29 is 0 Å². The fraction of sp³-hybridized carbons (Fsp3) is 0.320. The highest BCUT2D eigenvalue weighted by atomic mass is 14.5. The van der Waals surface area contributed by atoms with Gasteiger partial charge in [-0.05, 0) is 111 Å². The molecule has 252 valence electrons. The summed E-state index contributed by atoms with van der Waals surface area (Å²) in [4.78, 5) is 0. The molecule has 0 heteroatoms. The zero-order chi connectivity index (χ0) is 34.3. The minimum absolute atomic E-state index is 0.00293. The molecule has 0 unspecified atom stereocenters. The molecule has 8 rings (SSSR count). The van der Waals surface area contributed by atoms with Gasteiger partial charge in [0.15, 0.2) is 0 Å². The molecule has 50 heavy (non-hydrogen) atoms. The molecule has 3 aliphatic carbocycles. The molecule has 0 aliphatic heterocycles. The van der Waals surface area contributed by atoms with E-state index in [1.54, 1.807) is 16.7 Å². The molecule has 0 saturated carbocycles. The van der Waals surface area contributed by atoms with E-state index < -0.39 is 0 Å². The van der Waals surface area contributed by atoms with Crippen molar-refractivity contribution in [2.75, 3.05) is 0 Å². The van der Waals surface area contributed by atoms with Crippen LogP contribution in [0.5, 0.6) is 0 Å². The summed E-state index contributed by atoms with van der Waals surface area (Å²) < 4.78 is 0. The average molecular weight is 653 g/mol. The summed E-state index contributed by atoms with van der Waals surface area (Å²) in [6.07, 6.45) is 15.7. The van der Waals surface area contributed by atoms with Gasteiger partial charge >= 0.3 is 0 Å². The second-order valence-electron chi connectivity index (χ2n) is 15.3. The number of rotatable bonds is 11. The molecule has 0 heterocycles. The normalized spacial score (nSPS) is 17.3. The molecule has 0 nitrogen and oxygen atoms in total. The van der Waals surface area contributed by atoms with Crippen LogP contribution in [0.2, 0.25) is 0 Å². The third kappa shape index (κ3) is 4.85. The van der Waals surface area contributed by atoms with Crippen LogP contribution >= 0.6 is 0 Å². The maximum Gasteiger partial charge on any atom is 0.0422 e. The smallest absolute Gasteiger partial charge is 0.0422 e. The Morgan fingerprint density at radius 3 is 1.52 bits per heavy atom. The summed E-state index contributed by atoms with van der Waals surface area (Å²) in [5.74, 6) is 0. The Hall–Kier alpha value is -4.42. The number of hydrogen-bond acceptors (Lipinski definition) is 0. The number of hydrogen-bond donors (Lipinski definition) is 0. The Bertz CT molecular complexity index is 2020. The van der Waals surface area contributed by atoms with Crippen molar-refractivity contribution in [2.45, 2.75) is 102 Å². The molecule has 3 aliphatic rings. The SMILES string of the molecule is CCCC1(CCC)C2=CC(c3ccccc3)(c3ccccc3)CC=C2c2ccc(-c3ccc4c(c3)C(CCC)(CCC)c3ccccc3-4)cc21. The maximum atomic E-state index is 2.72. The van der Waals surface area contributed by atoms with E-state index in [1.807, 2.05) is 0 Å². The van der Waals surface area contributed by atoms with Crippen LogP contribution in [-0.2, 0) is 16.2 Å². The van der Waals surface area contributed by atoms with Gasteiger partial charge < -0.3 is 0 Å². The highest BCUT2D eigenvalue weighted by Crippen LogP contribution is 2.60. The Balaban J connectivity index is 1.30. The van der Waals surface area contributed by atoms with Gasteiger partial charge in [0.25, 0.3) is 0 Å². The molecular formula is C50H52. The molecule has 0 atom stereocenters. The van der Waals surface area contributed by atoms with E-state index in [-0.39, 0.29) is 16.2 Å². The molecular weight excluding hydrogens is 601 g/mol. The van der Waals surface area contributed by atoms with Crippen molar-refractivity contribution in [1.82, 2.24) is 0 Å². The van der Waals surface area contributed by atoms with Crippen molar-refractivity contribution >= 4 is 5.57 Å². The van der Waals surface area contributed by atoms with Crippen LogP contribution in [0.3, 0.4) is 0 Å². The molecule has 5 aromatic carbocycles. The third-order valence-electron chi connectivity index (χ3n) is 12.5. The van der Waals surface area contributed by atoms with Gasteiger partial charge in [-0.3, -0.25) is 0 Å². The summed E-state index contributed by atoms with van der Waals surface area (Å²) in [6, 6.07) is 46.7. The Morgan fingerprint density at radius 2 is 0.940 bits per heavy atom. The van der Waals surface area contributed by atoms with Crippen LogP contribution in [0.1, 0.15) is 119 Å². The molecule has 0 fully saturated rings. The predicted molar refractivity (Wildman–Crippen MR) is 214 cm³/mol. The molecule has 0 bridgehead atoms. The summed E-state index contributed by atoms with van der Waals surface area (Å²) in [5, 5.41) is 0. The van der Waals surface area contributed by atoms with Crippen molar-refractivity contribution in [3.63, 3.8) is 0 Å². The minimum atomic E-state index is -0.185. The Kier molecular flexibility index (Phi) is 8.54. The van der Waals surface area contributed by atoms with E-state index in [2.05, 4.69) is 161 Å². The van der Waals surface area contributed by atoms with E-state index in [4.69, 9.17) is 0 Å². The van der Waals surface area contributed by atoms with Crippen LogP contribution < -0.4 is 0 Å². The minimum Gasteiger partial charge on any atom is -0.0748 e. The van der Waals surface area contributed by atoms with Gasteiger partial charge in [0.05, 0.1) is 0 Å². The number of fused-ring (bicyclic) bond motifs is 6. The van der Waals surface area contributed by atoms with E-state index in [0.29, 0.717) is 0 Å². The summed E-state index contributed by atoms with van der Waals surface area (Å²) >= 11 is 0. The first-order valence-electron chi connectivity index (χ1n) is 19.5. The first-order valence-corrected chi connectivity index (χ1v) is 19.5. The lowest BCUT2D eigenvalue weighted by molar-refractivity contribution is 0.429. The molecule has 5 aromatic rings. The molecule has 0 N–H and O–H groups in total. The fourth-order valence-electron chi connectivity index (χ4n) is 10.6. The fourth-order valence-corrected chi connectivity index (χ4v) is 10.6. The molecule has 0 spiro atoms. The second kappa shape index (κ2) is 13.0. The van der Waals surface area contributed by atoms with Crippen LogP contribution in [-0.4, -0.2) is 0 Å². The average Bonchev–Trinajstić information content (AvgIpc) is 3.58. The summed E-state index contributed by atoms with van der Waals surface area (Å²) in [5.41, 5.74) is 17.4. The Morgan fingerprint density at radius 1 is 0.460 bits per heavy atom. The lowest BCUT2D eigenvalue weighted by atomic mass is 9.63. The van der Waals surface area contributed by atoms with Gasteiger partial charge in [0, 0.05) is 16.2 Å². The molecule has 0 saturated heterocycles. The third-order valence-corrected chi connectivity index (χ3v) is 12.5. The second-order valence-corrected chi connectivity index (χ2v) is 15.3. The quantitative estimate of drug-likeness (QED) is 0.133. The van der Waals surface area contributed by atoms with Crippen LogP contribution in [0.25, 0.3) is 27.8 Å². The van der Waals surface area contributed by atoms with Crippen LogP contribution in [0, 0.1) is 0 Å². The molecule has 0 radical (unpaired) electrons. The number of benzene rings is 5. The highest BCUT2D eigenvalue weighted by Gasteiger charge is 2.48. The van der Waals surface area contributed by atoms with Gasteiger partial charge in [-0.15, -0.1) is 0 Å². The van der Waals surface area contributed by atoms with Gasteiger partial charge in [0.1, 0.15) is 0 Å². The van der Waals surface area contributed by atoms with E-state index in [1.165, 1.54) is 75.8 Å². The maximum absolute atomic E-state index is 2.72. The monoisotopic (exact) mass is 652 g/mol. The van der Waals surface area contributed by atoms with E-state index >= 15 is 0 Å². The van der Waals surface area contributed by atoms with Gasteiger partial charge in [-0.1, -0.05) is 175 Å². The van der Waals surface area contributed by atoms with Crippen LogP contribution in [0.4, 0.5) is 0 Å². The number of allylic oxidation sites excluding steroid dienone is 4. The van der Waals surface area contributed by atoms with Crippen LogP contribution in [0.15, 0.2) is 139 Å². The van der Waals surface area contributed by atoms with Crippen molar-refractivity contribution in [2.24, 2.45) is 0 Å². The van der Waals surface area contributed by atoms with Crippen molar-refractivity contribution in [3.8, 4) is 22.3 Å². The van der Waals surface area contributed by atoms with Gasteiger partial charge in [0.2, 0.25) is 0 Å². The first-order chi connectivity index (χ1) is 24.5. The lowest BCUT2D eigenvalue weighted by Crippen LogP contribution is -2.32. The topological polar surface area (TPSA) is 0 Å². The standard InChI is InChI=1S/C50H52/c1-5-28-48(29-6-2)44-22-16-15-21-40(44)41-25-23-36(33-45(41)48)37-24-26-42-43-27-32-50(38-17-11-9-12-18-38,39-19-13-10-14-20-39)35-47(43)49(30-7-3,31-8-4)46(42)34-37/h9-27,33-35H,5-8,28-32H2,1-4H3. The lowest BCUT2D eigenvalue weighted by Gasteiger charge is -2.40. The molecule has 0 amide bonds. The molecule has 0 aromatic heterocycles. The van der Waals surface area contributed by atoms with Crippen molar-refractivity contribution in [1.29, 1.82) is 0 Å². The van der Waals surface area contributed by atoms with Gasteiger partial charge in [-0.25, -0.2) is 0 Å².